The number of nitrogens with zero attached hydrogens (tertiary/aromatic N) is 2. The summed E-state index contributed by atoms with van der Waals surface area (Å²) in [6, 6.07) is 13.4. The summed E-state index contributed by atoms with van der Waals surface area (Å²) in [5.74, 6) is 0. The van der Waals surface area contributed by atoms with E-state index in [-0.39, 0.29) is 10.6 Å². The number of rotatable bonds is 3. The lowest BCUT2D eigenvalue weighted by molar-refractivity contribution is -0.385. The van der Waals surface area contributed by atoms with E-state index in [0.717, 1.165) is 21.8 Å². The van der Waals surface area contributed by atoms with Gasteiger partial charge in [0.25, 0.3) is 5.69 Å². The zero-order valence-electron chi connectivity index (χ0n) is 12.2. The molecule has 5 heteroatoms. The molecular formula is C17H14N2O2S. The normalized spacial score (nSPS) is 10.6. The summed E-state index contributed by atoms with van der Waals surface area (Å²) in [5.41, 5.74) is 4.58. The maximum Gasteiger partial charge on any atom is 0.272 e. The lowest BCUT2D eigenvalue weighted by Gasteiger charge is -2.00. The Morgan fingerprint density at radius 1 is 1.05 bits per heavy atom. The maximum atomic E-state index is 11.1. The first-order valence-corrected chi connectivity index (χ1v) is 7.70. The molecule has 0 atom stereocenters. The third-order valence-electron chi connectivity index (χ3n) is 3.50. The van der Waals surface area contributed by atoms with Gasteiger partial charge < -0.3 is 0 Å². The summed E-state index contributed by atoms with van der Waals surface area (Å²) in [7, 11) is 0. The van der Waals surface area contributed by atoms with E-state index in [9.17, 15) is 10.1 Å². The summed E-state index contributed by atoms with van der Waals surface area (Å²) >= 11 is 1.54. The molecule has 0 aliphatic rings. The van der Waals surface area contributed by atoms with E-state index in [4.69, 9.17) is 0 Å². The summed E-state index contributed by atoms with van der Waals surface area (Å²) in [6.07, 6.45) is 0. The van der Waals surface area contributed by atoms with E-state index in [1.54, 1.807) is 30.4 Å². The maximum absolute atomic E-state index is 11.1. The number of thiazole rings is 1. The molecule has 0 amide bonds. The molecule has 0 saturated heterocycles. The highest BCUT2D eigenvalue weighted by Crippen LogP contribution is 2.31. The van der Waals surface area contributed by atoms with Gasteiger partial charge in [0.1, 0.15) is 5.01 Å². The quantitative estimate of drug-likeness (QED) is 0.505. The van der Waals surface area contributed by atoms with Crippen LogP contribution in [0.5, 0.6) is 0 Å². The van der Waals surface area contributed by atoms with Gasteiger partial charge in [-0.3, -0.25) is 10.1 Å². The molecular weight excluding hydrogens is 296 g/mol. The van der Waals surface area contributed by atoms with Gasteiger partial charge in [-0.1, -0.05) is 42.0 Å². The molecule has 110 valence electrons. The Bertz CT molecular complexity index is 838. The molecule has 0 fully saturated rings. The first kappa shape index (κ1) is 14.4. The van der Waals surface area contributed by atoms with Gasteiger partial charge in [-0.05, 0) is 13.8 Å². The van der Waals surface area contributed by atoms with Crippen LogP contribution < -0.4 is 0 Å². The van der Waals surface area contributed by atoms with Crippen LogP contribution in [-0.4, -0.2) is 9.91 Å². The molecule has 0 N–H and O–H groups in total. The molecule has 1 aromatic heterocycles. The second kappa shape index (κ2) is 5.69. The van der Waals surface area contributed by atoms with Gasteiger partial charge in [0.05, 0.1) is 10.6 Å². The van der Waals surface area contributed by atoms with Crippen LogP contribution in [0.4, 0.5) is 5.69 Å². The average molecular weight is 310 g/mol. The van der Waals surface area contributed by atoms with Crippen molar-refractivity contribution in [2.45, 2.75) is 13.8 Å². The molecule has 0 saturated carbocycles. The molecule has 0 radical (unpaired) electrons. The van der Waals surface area contributed by atoms with Crippen molar-refractivity contribution < 1.29 is 4.92 Å². The fraction of sp³-hybridized carbons (Fsp3) is 0.118. The van der Waals surface area contributed by atoms with Crippen molar-refractivity contribution in [2.75, 3.05) is 0 Å². The minimum absolute atomic E-state index is 0.127. The number of hydrogen-bond donors (Lipinski definition) is 0. The SMILES string of the molecule is Cc1ccc(-c2nc(-c3ccc(C)c([N+](=O)[O-])c3)cs2)cc1. The van der Waals surface area contributed by atoms with E-state index in [2.05, 4.69) is 4.98 Å². The summed E-state index contributed by atoms with van der Waals surface area (Å²) in [6.45, 7) is 3.78. The molecule has 4 nitrogen and oxygen atoms in total. The lowest BCUT2D eigenvalue weighted by Crippen LogP contribution is -1.92. The van der Waals surface area contributed by atoms with Crippen LogP contribution in [0.15, 0.2) is 47.8 Å². The van der Waals surface area contributed by atoms with Gasteiger partial charge in [-0.15, -0.1) is 11.3 Å². The Balaban J connectivity index is 1.99. The molecule has 3 rings (SSSR count). The van der Waals surface area contributed by atoms with Crippen LogP contribution in [0.1, 0.15) is 11.1 Å². The van der Waals surface area contributed by atoms with Crippen molar-refractivity contribution in [3.63, 3.8) is 0 Å². The first-order chi connectivity index (χ1) is 10.5. The highest BCUT2D eigenvalue weighted by Gasteiger charge is 2.14. The topological polar surface area (TPSA) is 56.0 Å². The van der Waals surface area contributed by atoms with Crippen molar-refractivity contribution in [3.05, 3.63) is 69.1 Å². The number of hydrogen-bond acceptors (Lipinski definition) is 4. The van der Waals surface area contributed by atoms with Crippen molar-refractivity contribution in [2.24, 2.45) is 0 Å². The summed E-state index contributed by atoms with van der Waals surface area (Å²) in [4.78, 5) is 15.3. The lowest BCUT2D eigenvalue weighted by atomic mass is 10.1. The fourth-order valence-corrected chi connectivity index (χ4v) is 3.04. The molecule has 0 spiro atoms. The van der Waals surface area contributed by atoms with Crippen LogP contribution in [0.2, 0.25) is 0 Å². The standard InChI is InChI=1S/C17H14N2O2S/c1-11-3-6-13(7-4-11)17-18-15(10-22-17)14-8-5-12(2)16(9-14)19(20)21/h3-10H,1-2H3. The highest BCUT2D eigenvalue weighted by atomic mass is 32.1. The van der Waals surface area contributed by atoms with Crippen molar-refractivity contribution in [3.8, 4) is 21.8 Å². The largest absolute Gasteiger partial charge is 0.272 e. The fourth-order valence-electron chi connectivity index (χ4n) is 2.20. The monoisotopic (exact) mass is 310 g/mol. The van der Waals surface area contributed by atoms with E-state index >= 15 is 0 Å². The van der Waals surface area contributed by atoms with Crippen LogP contribution in [0.3, 0.4) is 0 Å². The zero-order chi connectivity index (χ0) is 15.7. The second-order valence-corrected chi connectivity index (χ2v) is 6.02. The second-order valence-electron chi connectivity index (χ2n) is 5.16. The number of nitro groups is 1. The first-order valence-electron chi connectivity index (χ1n) is 6.82. The number of aromatic nitrogens is 1. The number of aryl methyl sites for hydroxylation is 2. The van der Waals surface area contributed by atoms with Crippen molar-refractivity contribution >= 4 is 17.0 Å². The summed E-state index contributed by atoms with van der Waals surface area (Å²) < 4.78 is 0. The molecule has 2 aromatic carbocycles. The number of benzene rings is 2. The number of nitro benzene ring substituents is 1. The van der Waals surface area contributed by atoms with Crippen molar-refractivity contribution in [1.82, 2.24) is 4.98 Å². The minimum Gasteiger partial charge on any atom is -0.258 e. The molecule has 0 aliphatic carbocycles. The van der Waals surface area contributed by atoms with Crippen LogP contribution in [0.25, 0.3) is 21.8 Å². The predicted octanol–water partition coefficient (Wildman–Crippen LogP) is 5.00. The van der Waals surface area contributed by atoms with Gasteiger partial charge >= 0.3 is 0 Å². The molecule has 1 heterocycles. The Hall–Kier alpha value is -2.53. The average Bonchev–Trinajstić information content (AvgIpc) is 2.98. The molecule has 0 unspecified atom stereocenters. The Kier molecular flexibility index (Phi) is 3.73. The Morgan fingerprint density at radius 2 is 1.73 bits per heavy atom. The molecule has 0 aliphatic heterocycles. The van der Waals surface area contributed by atoms with E-state index in [0.29, 0.717) is 5.56 Å². The molecule has 22 heavy (non-hydrogen) atoms. The van der Waals surface area contributed by atoms with Crippen LogP contribution >= 0.6 is 11.3 Å². The van der Waals surface area contributed by atoms with E-state index < -0.39 is 0 Å². The van der Waals surface area contributed by atoms with Gasteiger partial charge in [-0.2, -0.15) is 0 Å². The van der Waals surface area contributed by atoms with Gasteiger partial charge in [0.15, 0.2) is 0 Å². The smallest absolute Gasteiger partial charge is 0.258 e. The Labute approximate surface area is 132 Å². The van der Waals surface area contributed by atoms with E-state index in [1.165, 1.54) is 5.56 Å². The third kappa shape index (κ3) is 2.76. The Morgan fingerprint density at radius 3 is 2.41 bits per heavy atom. The predicted molar refractivity (Wildman–Crippen MR) is 89.1 cm³/mol. The third-order valence-corrected chi connectivity index (χ3v) is 4.40. The van der Waals surface area contributed by atoms with Crippen LogP contribution in [-0.2, 0) is 0 Å². The molecule has 3 aromatic rings. The van der Waals surface area contributed by atoms with Crippen LogP contribution in [0, 0.1) is 24.0 Å². The van der Waals surface area contributed by atoms with Gasteiger partial charge in [0, 0.05) is 28.1 Å². The van der Waals surface area contributed by atoms with Crippen molar-refractivity contribution in [1.29, 1.82) is 0 Å². The minimum atomic E-state index is -0.355. The highest BCUT2D eigenvalue weighted by molar-refractivity contribution is 7.13. The summed E-state index contributed by atoms with van der Waals surface area (Å²) in [5, 5.41) is 13.9. The van der Waals surface area contributed by atoms with E-state index in [1.807, 2.05) is 42.6 Å². The van der Waals surface area contributed by atoms with Gasteiger partial charge in [0.2, 0.25) is 0 Å². The zero-order valence-corrected chi connectivity index (χ0v) is 13.1. The van der Waals surface area contributed by atoms with Gasteiger partial charge in [-0.25, -0.2) is 4.98 Å². The molecule has 0 bridgehead atoms.